The molecule has 8 nitrogen and oxygen atoms in total. The van der Waals surface area contributed by atoms with E-state index < -0.39 is 11.8 Å². The second-order valence-electron chi connectivity index (χ2n) is 8.33. The van der Waals surface area contributed by atoms with Gasteiger partial charge in [-0.3, -0.25) is 14.5 Å². The number of carbonyl (C=O) groups is 2. The predicted molar refractivity (Wildman–Crippen MR) is 130 cm³/mol. The van der Waals surface area contributed by atoms with Crippen molar-refractivity contribution in [2.45, 2.75) is 32.4 Å². The van der Waals surface area contributed by atoms with Crippen LogP contribution in [0.3, 0.4) is 0 Å². The van der Waals surface area contributed by atoms with E-state index in [1.807, 2.05) is 12.1 Å². The van der Waals surface area contributed by atoms with Gasteiger partial charge < -0.3 is 25.3 Å². The van der Waals surface area contributed by atoms with E-state index in [1.165, 1.54) is 13.2 Å². The number of amides is 2. The van der Waals surface area contributed by atoms with Gasteiger partial charge in [0.2, 0.25) is 0 Å². The van der Waals surface area contributed by atoms with Crippen molar-refractivity contribution in [2.24, 2.45) is 5.73 Å². The van der Waals surface area contributed by atoms with E-state index >= 15 is 0 Å². The van der Waals surface area contributed by atoms with Gasteiger partial charge in [0.25, 0.3) is 11.8 Å². The number of nitrogens with one attached hydrogen (secondary N) is 1. The van der Waals surface area contributed by atoms with Gasteiger partial charge in [0.15, 0.2) is 11.3 Å². The number of furan rings is 1. The van der Waals surface area contributed by atoms with Crippen molar-refractivity contribution < 1.29 is 23.8 Å². The van der Waals surface area contributed by atoms with Crippen LogP contribution in [-0.4, -0.2) is 48.1 Å². The molecule has 2 heterocycles. The summed E-state index contributed by atoms with van der Waals surface area (Å²) in [5.41, 5.74) is 6.73. The second kappa shape index (κ2) is 9.74. The number of hydrogen-bond donors (Lipinski definition) is 3. The molecule has 0 spiro atoms. The van der Waals surface area contributed by atoms with Gasteiger partial charge >= 0.3 is 0 Å². The van der Waals surface area contributed by atoms with Crippen LogP contribution in [0.25, 0.3) is 11.0 Å². The van der Waals surface area contributed by atoms with Crippen LogP contribution in [0.1, 0.15) is 44.9 Å². The number of aryl methyl sites for hydroxylation is 1. The predicted octanol–water partition coefficient (Wildman–Crippen LogP) is 4.26. The number of halogens is 2. The summed E-state index contributed by atoms with van der Waals surface area (Å²) in [6.07, 6.45) is 1.50. The number of methoxy groups -OCH3 is 1. The van der Waals surface area contributed by atoms with E-state index in [0.717, 1.165) is 31.5 Å². The third kappa shape index (κ3) is 4.53. The number of benzene rings is 2. The van der Waals surface area contributed by atoms with Crippen molar-refractivity contribution in [1.82, 2.24) is 10.2 Å². The Morgan fingerprint density at radius 1 is 1.29 bits per heavy atom. The van der Waals surface area contributed by atoms with Gasteiger partial charge in [0.1, 0.15) is 17.1 Å². The van der Waals surface area contributed by atoms with E-state index in [2.05, 4.69) is 10.2 Å². The minimum Gasteiger partial charge on any atom is -0.507 e. The normalized spacial score (nSPS) is 14.9. The van der Waals surface area contributed by atoms with Gasteiger partial charge in [0, 0.05) is 37.3 Å². The van der Waals surface area contributed by atoms with Crippen molar-refractivity contribution in [3.8, 4) is 11.5 Å². The fraction of sp³-hybridized carbons (Fsp3) is 0.333. The van der Waals surface area contributed by atoms with Crippen molar-refractivity contribution in [3.05, 3.63) is 56.8 Å². The lowest BCUT2D eigenvalue weighted by molar-refractivity contribution is 0.0880. The minimum atomic E-state index is -0.863. The molecule has 1 aromatic heterocycles. The van der Waals surface area contributed by atoms with Gasteiger partial charge in [-0.05, 0) is 31.4 Å². The zero-order valence-electron chi connectivity index (χ0n) is 18.8. The number of carbonyl (C=O) groups excluding carboxylic acids is 2. The van der Waals surface area contributed by atoms with Gasteiger partial charge in [-0.15, -0.1) is 0 Å². The Hall–Kier alpha value is -2.94. The van der Waals surface area contributed by atoms with E-state index in [-0.39, 0.29) is 34.4 Å². The molecule has 1 aliphatic heterocycles. The summed E-state index contributed by atoms with van der Waals surface area (Å²) >= 11 is 12.4. The first-order valence-corrected chi connectivity index (χ1v) is 11.6. The molecule has 10 heteroatoms. The number of hydrogen-bond acceptors (Lipinski definition) is 6. The molecule has 4 rings (SSSR count). The monoisotopic (exact) mass is 505 g/mol. The number of likely N-dealkylation sites (tertiary alicyclic amines) is 1. The summed E-state index contributed by atoms with van der Waals surface area (Å²) in [6, 6.07) is 6.84. The van der Waals surface area contributed by atoms with Gasteiger partial charge in [0.05, 0.1) is 22.5 Å². The average molecular weight is 506 g/mol. The molecule has 1 saturated heterocycles. The average Bonchev–Trinajstić information content (AvgIpc) is 3.14. The molecule has 0 bridgehead atoms. The van der Waals surface area contributed by atoms with Crippen LogP contribution in [0.5, 0.6) is 11.5 Å². The highest BCUT2D eigenvalue weighted by atomic mass is 35.5. The molecule has 0 unspecified atom stereocenters. The second-order valence-corrected chi connectivity index (χ2v) is 9.12. The number of nitrogens with two attached hydrogens (primary N) is 1. The van der Waals surface area contributed by atoms with Crippen LogP contribution in [0.4, 0.5) is 0 Å². The lowest BCUT2D eigenvalue weighted by Crippen LogP contribution is -2.44. The number of ether oxygens (including phenoxy) is 1. The molecular formula is C24H25Cl2N3O5. The van der Waals surface area contributed by atoms with E-state index in [1.54, 1.807) is 13.0 Å². The highest BCUT2D eigenvalue weighted by Crippen LogP contribution is 2.40. The van der Waals surface area contributed by atoms with E-state index in [9.17, 15) is 14.7 Å². The Morgan fingerprint density at radius 2 is 2.00 bits per heavy atom. The molecule has 34 heavy (non-hydrogen) atoms. The number of nitrogens with zero attached hydrogens (tertiary/aromatic N) is 1. The first-order valence-electron chi connectivity index (χ1n) is 10.8. The first kappa shape index (κ1) is 24.2. The maximum absolute atomic E-state index is 13.1. The number of piperidine rings is 1. The Labute approximate surface area is 206 Å². The number of fused-ring (bicyclic) bond motifs is 1. The Kier molecular flexibility index (Phi) is 6.93. The fourth-order valence-electron chi connectivity index (χ4n) is 4.38. The van der Waals surface area contributed by atoms with Crippen LogP contribution in [0.2, 0.25) is 10.0 Å². The Morgan fingerprint density at radius 3 is 2.65 bits per heavy atom. The summed E-state index contributed by atoms with van der Waals surface area (Å²) in [5.74, 6) is -1.30. The van der Waals surface area contributed by atoms with E-state index in [0.29, 0.717) is 27.5 Å². The van der Waals surface area contributed by atoms with Crippen LogP contribution in [-0.2, 0) is 6.54 Å². The maximum atomic E-state index is 13.1. The van der Waals surface area contributed by atoms with Gasteiger partial charge in [-0.1, -0.05) is 35.3 Å². The molecule has 2 amide bonds. The summed E-state index contributed by atoms with van der Waals surface area (Å²) in [7, 11) is 1.43. The quantitative estimate of drug-likeness (QED) is 0.460. The lowest BCUT2D eigenvalue weighted by atomic mass is 10.0. The highest BCUT2D eigenvalue weighted by Gasteiger charge is 2.28. The highest BCUT2D eigenvalue weighted by molar-refractivity contribution is 6.42. The van der Waals surface area contributed by atoms with Crippen LogP contribution in [0.15, 0.2) is 28.7 Å². The van der Waals surface area contributed by atoms with Crippen molar-refractivity contribution in [3.63, 3.8) is 0 Å². The molecule has 2 aromatic carbocycles. The van der Waals surface area contributed by atoms with E-state index in [4.69, 9.17) is 38.1 Å². The Balaban J connectivity index is 1.48. The standard InChI is InChI=1S/C24H25Cl2N3O5/c1-12-18-17(33-2)10-16(30)19(23(27)31)22(18)34-21(12)24(32)28-14-6-8-29(9-7-14)11-13-4-3-5-15(25)20(13)26/h3-5,10,14,30H,6-9,11H2,1-2H3,(H2,27,31)(H,28,32). The van der Waals surface area contributed by atoms with Gasteiger partial charge in [-0.25, -0.2) is 0 Å². The SMILES string of the molecule is COc1cc(O)c(C(N)=O)c2oc(C(=O)NC3CCN(Cc4cccc(Cl)c4Cl)CC3)c(C)c12. The zero-order valence-corrected chi connectivity index (χ0v) is 20.3. The lowest BCUT2D eigenvalue weighted by Gasteiger charge is -2.32. The summed E-state index contributed by atoms with van der Waals surface area (Å²) in [6.45, 7) is 3.94. The third-order valence-electron chi connectivity index (χ3n) is 6.17. The van der Waals surface area contributed by atoms with Crippen LogP contribution in [0, 0.1) is 6.92 Å². The smallest absolute Gasteiger partial charge is 0.287 e. The molecule has 4 N–H and O–H groups in total. The maximum Gasteiger partial charge on any atom is 0.287 e. The largest absolute Gasteiger partial charge is 0.507 e. The first-order chi connectivity index (χ1) is 16.2. The molecule has 1 fully saturated rings. The molecule has 1 aliphatic rings. The molecule has 0 radical (unpaired) electrons. The number of primary amides is 1. The molecule has 0 atom stereocenters. The molecule has 3 aromatic rings. The van der Waals surface area contributed by atoms with Crippen LogP contribution < -0.4 is 15.8 Å². The number of phenols is 1. The number of aromatic hydroxyl groups is 1. The molecule has 180 valence electrons. The zero-order chi connectivity index (χ0) is 24.6. The third-order valence-corrected chi connectivity index (χ3v) is 7.02. The minimum absolute atomic E-state index is 0.0280. The number of rotatable bonds is 6. The van der Waals surface area contributed by atoms with Gasteiger partial charge in [-0.2, -0.15) is 0 Å². The van der Waals surface area contributed by atoms with Crippen molar-refractivity contribution >= 4 is 46.0 Å². The fourth-order valence-corrected chi connectivity index (χ4v) is 4.76. The Bertz CT molecular complexity index is 1270. The topological polar surface area (TPSA) is 118 Å². The van der Waals surface area contributed by atoms with Crippen molar-refractivity contribution in [1.29, 1.82) is 0 Å². The van der Waals surface area contributed by atoms with Crippen LogP contribution >= 0.6 is 23.2 Å². The summed E-state index contributed by atoms with van der Waals surface area (Å²) < 4.78 is 11.1. The molecule has 0 aliphatic carbocycles. The summed E-state index contributed by atoms with van der Waals surface area (Å²) in [5, 5.41) is 14.7. The molecule has 0 saturated carbocycles. The summed E-state index contributed by atoms with van der Waals surface area (Å²) in [4.78, 5) is 27.2. The molecular weight excluding hydrogens is 481 g/mol. The van der Waals surface area contributed by atoms with Crippen molar-refractivity contribution in [2.75, 3.05) is 20.2 Å².